The number of fused-ring (bicyclic) bond motifs is 1. The number of carbonyl (C=O) groups excluding carboxylic acids is 2. The van der Waals surface area contributed by atoms with Gasteiger partial charge in [-0.1, -0.05) is 6.07 Å². The van der Waals surface area contributed by atoms with Crippen LogP contribution in [0.15, 0.2) is 24.4 Å². The van der Waals surface area contributed by atoms with E-state index in [2.05, 4.69) is 10.3 Å². The molecule has 0 saturated carbocycles. The number of amides is 3. The SMILES string of the molecule is Cc1cccc2nc(C(=O)N3CCCC(N4CCNC4=O)C3)cn12. The summed E-state index contributed by atoms with van der Waals surface area (Å²) in [4.78, 5) is 32.9. The molecule has 2 fully saturated rings. The molecule has 2 saturated heterocycles. The van der Waals surface area contributed by atoms with E-state index in [1.54, 1.807) is 6.20 Å². The number of aromatic nitrogens is 2. The van der Waals surface area contributed by atoms with Crippen molar-refractivity contribution in [2.45, 2.75) is 25.8 Å². The summed E-state index contributed by atoms with van der Waals surface area (Å²) >= 11 is 0. The number of pyridine rings is 1. The van der Waals surface area contributed by atoms with Crippen molar-refractivity contribution >= 4 is 17.6 Å². The molecule has 126 valence electrons. The molecule has 0 bridgehead atoms. The van der Waals surface area contributed by atoms with E-state index < -0.39 is 0 Å². The molecule has 7 heteroatoms. The molecule has 2 aliphatic rings. The van der Waals surface area contributed by atoms with E-state index in [1.807, 2.05) is 39.3 Å². The second-order valence-corrected chi connectivity index (χ2v) is 6.49. The number of hydrogen-bond acceptors (Lipinski definition) is 3. The number of nitrogens with zero attached hydrogens (tertiary/aromatic N) is 4. The Balaban J connectivity index is 1.54. The number of nitrogens with one attached hydrogen (secondary N) is 1. The Labute approximate surface area is 140 Å². The largest absolute Gasteiger partial charge is 0.336 e. The molecule has 7 nitrogen and oxygen atoms in total. The van der Waals surface area contributed by atoms with Crippen molar-refractivity contribution in [2.24, 2.45) is 0 Å². The highest BCUT2D eigenvalue weighted by atomic mass is 16.2. The lowest BCUT2D eigenvalue weighted by Gasteiger charge is -2.36. The van der Waals surface area contributed by atoms with Crippen LogP contribution in [0.5, 0.6) is 0 Å². The van der Waals surface area contributed by atoms with Gasteiger partial charge < -0.3 is 19.5 Å². The summed E-state index contributed by atoms with van der Waals surface area (Å²) in [6, 6.07) is 5.92. The van der Waals surface area contributed by atoms with E-state index in [0.29, 0.717) is 18.8 Å². The predicted octanol–water partition coefficient (Wildman–Crippen LogP) is 1.27. The molecule has 0 radical (unpaired) electrons. The number of hydrogen-bond donors (Lipinski definition) is 1. The maximum Gasteiger partial charge on any atom is 0.317 e. The number of urea groups is 1. The Morgan fingerprint density at radius 2 is 2.21 bits per heavy atom. The summed E-state index contributed by atoms with van der Waals surface area (Å²) in [7, 11) is 0. The third-order valence-electron chi connectivity index (χ3n) is 4.93. The quantitative estimate of drug-likeness (QED) is 0.903. The van der Waals surface area contributed by atoms with Gasteiger partial charge in [-0.05, 0) is 31.9 Å². The first kappa shape index (κ1) is 15.0. The molecule has 4 rings (SSSR count). The zero-order chi connectivity index (χ0) is 16.7. The summed E-state index contributed by atoms with van der Waals surface area (Å²) in [5.41, 5.74) is 2.30. The smallest absolute Gasteiger partial charge is 0.317 e. The minimum Gasteiger partial charge on any atom is -0.336 e. The van der Waals surface area contributed by atoms with Gasteiger partial charge in [-0.3, -0.25) is 4.79 Å². The Morgan fingerprint density at radius 3 is 2.96 bits per heavy atom. The van der Waals surface area contributed by atoms with Crippen molar-refractivity contribution in [3.05, 3.63) is 35.8 Å². The highest BCUT2D eigenvalue weighted by Crippen LogP contribution is 2.20. The molecule has 1 unspecified atom stereocenters. The van der Waals surface area contributed by atoms with Gasteiger partial charge in [0.15, 0.2) is 0 Å². The lowest BCUT2D eigenvalue weighted by molar-refractivity contribution is 0.0629. The van der Waals surface area contributed by atoms with Crippen LogP contribution in [0, 0.1) is 6.92 Å². The van der Waals surface area contributed by atoms with Crippen LogP contribution in [0.25, 0.3) is 5.65 Å². The van der Waals surface area contributed by atoms with Crippen LogP contribution >= 0.6 is 0 Å². The van der Waals surface area contributed by atoms with E-state index in [9.17, 15) is 9.59 Å². The van der Waals surface area contributed by atoms with Gasteiger partial charge in [-0.15, -0.1) is 0 Å². The Kier molecular flexibility index (Phi) is 3.63. The standard InChI is InChI=1S/C17H21N5O2/c1-12-4-2-6-15-19-14(11-22(12)15)16(23)20-8-3-5-13(10-20)21-9-7-18-17(21)24/h2,4,6,11,13H,3,5,7-10H2,1H3,(H,18,24). The van der Waals surface area contributed by atoms with Gasteiger partial charge in [0.25, 0.3) is 5.91 Å². The highest BCUT2D eigenvalue weighted by Gasteiger charge is 2.33. The number of carbonyl (C=O) groups is 2. The minimum atomic E-state index is -0.0533. The monoisotopic (exact) mass is 327 g/mol. The van der Waals surface area contributed by atoms with Gasteiger partial charge in [0, 0.05) is 38.1 Å². The molecule has 2 aromatic heterocycles. The van der Waals surface area contributed by atoms with E-state index in [4.69, 9.17) is 0 Å². The van der Waals surface area contributed by atoms with Crippen molar-refractivity contribution in [1.29, 1.82) is 0 Å². The Bertz CT molecular complexity index is 799. The van der Waals surface area contributed by atoms with E-state index in [1.165, 1.54) is 0 Å². The molecule has 0 aromatic carbocycles. The fourth-order valence-electron chi connectivity index (χ4n) is 3.64. The molecule has 3 amide bonds. The third kappa shape index (κ3) is 2.50. The molecule has 0 spiro atoms. The summed E-state index contributed by atoms with van der Waals surface area (Å²) in [5, 5.41) is 2.83. The topological polar surface area (TPSA) is 70.0 Å². The molecular formula is C17H21N5O2. The predicted molar refractivity (Wildman–Crippen MR) is 89.0 cm³/mol. The first-order chi connectivity index (χ1) is 11.6. The van der Waals surface area contributed by atoms with Crippen LogP contribution in [-0.2, 0) is 0 Å². The van der Waals surface area contributed by atoms with Gasteiger partial charge in [-0.2, -0.15) is 0 Å². The van der Waals surface area contributed by atoms with Gasteiger partial charge >= 0.3 is 6.03 Å². The van der Waals surface area contributed by atoms with E-state index in [-0.39, 0.29) is 18.0 Å². The summed E-state index contributed by atoms with van der Waals surface area (Å²) in [5.74, 6) is -0.0533. The molecule has 24 heavy (non-hydrogen) atoms. The molecule has 1 N–H and O–H groups in total. The second kappa shape index (κ2) is 5.81. The van der Waals surface area contributed by atoms with Crippen LogP contribution in [-0.4, -0.2) is 63.3 Å². The average Bonchev–Trinajstić information content (AvgIpc) is 3.21. The van der Waals surface area contributed by atoms with Gasteiger partial charge in [0.05, 0.1) is 6.04 Å². The number of aryl methyl sites for hydroxylation is 1. The number of likely N-dealkylation sites (tertiary alicyclic amines) is 1. The highest BCUT2D eigenvalue weighted by molar-refractivity contribution is 5.93. The molecule has 2 aromatic rings. The summed E-state index contributed by atoms with van der Waals surface area (Å²) < 4.78 is 1.93. The molecule has 1 atom stereocenters. The van der Waals surface area contributed by atoms with Crippen LogP contribution < -0.4 is 5.32 Å². The van der Waals surface area contributed by atoms with Gasteiger partial charge in [0.1, 0.15) is 11.3 Å². The Morgan fingerprint density at radius 1 is 1.33 bits per heavy atom. The van der Waals surface area contributed by atoms with E-state index in [0.717, 1.165) is 37.3 Å². The lowest BCUT2D eigenvalue weighted by Crippen LogP contribution is -2.50. The summed E-state index contributed by atoms with van der Waals surface area (Å²) in [6.45, 7) is 4.71. The lowest BCUT2D eigenvalue weighted by atomic mass is 10.0. The Hall–Kier alpha value is -2.57. The first-order valence-corrected chi connectivity index (χ1v) is 8.42. The maximum atomic E-state index is 12.9. The van der Waals surface area contributed by atoms with E-state index >= 15 is 0 Å². The fourth-order valence-corrected chi connectivity index (χ4v) is 3.64. The summed E-state index contributed by atoms with van der Waals surface area (Å²) in [6.07, 6.45) is 3.66. The number of piperidine rings is 1. The zero-order valence-electron chi connectivity index (χ0n) is 13.7. The third-order valence-corrected chi connectivity index (χ3v) is 4.93. The molecule has 4 heterocycles. The van der Waals surface area contributed by atoms with Gasteiger partial charge in [-0.25, -0.2) is 9.78 Å². The van der Waals surface area contributed by atoms with Crippen molar-refractivity contribution in [3.8, 4) is 0 Å². The van der Waals surface area contributed by atoms with Crippen LogP contribution in [0.3, 0.4) is 0 Å². The number of imidazole rings is 1. The average molecular weight is 327 g/mol. The maximum absolute atomic E-state index is 12.9. The van der Waals surface area contributed by atoms with Crippen molar-refractivity contribution < 1.29 is 9.59 Å². The second-order valence-electron chi connectivity index (χ2n) is 6.49. The normalized spacial score (nSPS) is 21.4. The van der Waals surface area contributed by atoms with Crippen LogP contribution in [0.4, 0.5) is 4.79 Å². The molecular weight excluding hydrogens is 306 g/mol. The number of rotatable bonds is 2. The minimum absolute atomic E-state index is 0.0161. The van der Waals surface area contributed by atoms with Crippen molar-refractivity contribution in [2.75, 3.05) is 26.2 Å². The van der Waals surface area contributed by atoms with Crippen molar-refractivity contribution in [3.63, 3.8) is 0 Å². The van der Waals surface area contributed by atoms with Crippen LogP contribution in [0.1, 0.15) is 29.0 Å². The zero-order valence-corrected chi connectivity index (χ0v) is 13.7. The van der Waals surface area contributed by atoms with Crippen LogP contribution in [0.2, 0.25) is 0 Å². The van der Waals surface area contributed by atoms with Gasteiger partial charge in [0.2, 0.25) is 0 Å². The molecule has 2 aliphatic heterocycles. The van der Waals surface area contributed by atoms with Crippen molar-refractivity contribution in [1.82, 2.24) is 24.5 Å². The fraction of sp³-hybridized carbons (Fsp3) is 0.471. The first-order valence-electron chi connectivity index (χ1n) is 8.42. The molecule has 0 aliphatic carbocycles.